The molecule has 9 heteroatoms. The third kappa shape index (κ3) is 4.69. The van der Waals surface area contributed by atoms with Gasteiger partial charge in [-0.05, 0) is 81.3 Å². The molecular formula is C24H27Cl2N3O3S. The Balaban J connectivity index is 1.30. The van der Waals surface area contributed by atoms with Gasteiger partial charge >= 0.3 is 0 Å². The molecule has 1 saturated heterocycles. The second-order valence-electron chi connectivity index (χ2n) is 9.13. The maximum atomic E-state index is 13.1. The van der Waals surface area contributed by atoms with Gasteiger partial charge in [-0.3, -0.25) is 4.72 Å². The molecule has 0 atom stereocenters. The number of aromatic nitrogens is 1. The average Bonchev–Trinajstić information content (AvgIpc) is 3.21. The van der Waals surface area contributed by atoms with Gasteiger partial charge < -0.3 is 15.0 Å². The van der Waals surface area contributed by atoms with Crippen molar-refractivity contribution in [2.24, 2.45) is 5.41 Å². The monoisotopic (exact) mass is 507 g/mol. The molecule has 2 aliphatic rings. The molecule has 176 valence electrons. The lowest BCUT2D eigenvalue weighted by Crippen LogP contribution is -2.40. The van der Waals surface area contributed by atoms with E-state index in [1.807, 2.05) is 6.07 Å². The number of benzene rings is 2. The number of halogens is 2. The van der Waals surface area contributed by atoms with Crippen molar-refractivity contribution in [2.75, 3.05) is 17.8 Å². The van der Waals surface area contributed by atoms with Crippen LogP contribution in [0.1, 0.15) is 38.5 Å². The summed E-state index contributed by atoms with van der Waals surface area (Å²) in [6, 6.07) is 9.93. The van der Waals surface area contributed by atoms with E-state index in [0.717, 1.165) is 25.9 Å². The average molecular weight is 508 g/mol. The zero-order valence-corrected chi connectivity index (χ0v) is 20.5. The van der Waals surface area contributed by atoms with Crippen molar-refractivity contribution in [3.8, 4) is 5.75 Å². The van der Waals surface area contributed by atoms with Crippen molar-refractivity contribution in [2.45, 2.75) is 49.5 Å². The van der Waals surface area contributed by atoms with Gasteiger partial charge in [0.05, 0.1) is 32.2 Å². The van der Waals surface area contributed by atoms with Crippen LogP contribution in [0.4, 0.5) is 5.69 Å². The summed E-state index contributed by atoms with van der Waals surface area (Å²) < 4.78 is 35.1. The fourth-order valence-electron chi connectivity index (χ4n) is 5.14. The van der Waals surface area contributed by atoms with Gasteiger partial charge in [-0.15, -0.1) is 0 Å². The molecular weight excluding hydrogens is 481 g/mol. The van der Waals surface area contributed by atoms with E-state index in [1.54, 1.807) is 36.5 Å². The molecule has 2 heterocycles. The van der Waals surface area contributed by atoms with E-state index in [2.05, 4.69) is 15.0 Å². The smallest absolute Gasteiger partial charge is 0.262 e. The highest BCUT2D eigenvalue weighted by atomic mass is 35.5. The maximum absolute atomic E-state index is 13.1. The van der Waals surface area contributed by atoms with Crippen LogP contribution < -0.4 is 14.8 Å². The van der Waals surface area contributed by atoms with Gasteiger partial charge in [0.1, 0.15) is 5.75 Å². The zero-order chi connectivity index (χ0) is 23.1. The molecule has 6 nitrogen and oxygen atoms in total. The second kappa shape index (κ2) is 9.02. The largest absolute Gasteiger partial charge is 0.490 e. The van der Waals surface area contributed by atoms with E-state index in [1.165, 1.54) is 25.7 Å². The van der Waals surface area contributed by atoms with Gasteiger partial charge in [0.15, 0.2) is 0 Å². The minimum absolute atomic E-state index is 0.119. The van der Waals surface area contributed by atoms with Crippen molar-refractivity contribution >= 4 is 49.8 Å². The minimum Gasteiger partial charge on any atom is -0.490 e. The summed E-state index contributed by atoms with van der Waals surface area (Å²) >= 11 is 12.4. The molecule has 0 amide bonds. The molecule has 1 saturated carbocycles. The van der Waals surface area contributed by atoms with E-state index < -0.39 is 10.0 Å². The Hall–Kier alpha value is -1.93. The topological polar surface area (TPSA) is 83.2 Å². The second-order valence-corrected chi connectivity index (χ2v) is 11.6. The van der Waals surface area contributed by atoms with Crippen LogP contribution in [0.2, 0.25) is 10.0 Å². The zero-order valence-electron chi connectivity index (χ0n) is 18.2. The van der Waals surface area contributed by atoms with Gasteiger partial charge in [0, 0.05) is 17.6 Å². The SMILES string of the molecule is O=S(=O)(Nc1ccc(Cl)c2c(Cl)c[nH]c12)c1cccc(OC2CCC3(CCNCC3)CC2)c1. The Morgan fingerprint density at radius 2 is 1.76 bits per heavy atom. The molecule has 2 fully saturated rings. The first-order valence-corrected chi connectivity index (χ1v) is 13.5. The van der Waals surface area contributed by atoms with Gasteiger partial charge in [0.2, 0.25) is 0 Å². The molecule has 1 spiro atoms. The summed E-state index contributed by atoms with van der Waals surface area (Å²) in [4.78, 5) is 3.13. The van der Waals surface area contributed by atoms with Crippen LogP contribution in [-0.2, 0) is 10.0 Å². The number of ether oxygens (including phenoxy) is 1. The van der Waals surface area contributed by atoms with Crippen molar-refractivity contribution in [3.63, 3.8) is 0 Å². The molecule has 5 rings (SSSR count). The number of sulfonamides is 1. The lowest BCUT2D eigenvalue weighted by atomic mass is 9.68. The van der Waals surface area contributed by atoms with Gasteiger partial charge in [-0.1, -0.05) is 29.3 Å². The predicted octanol–water partition coefficient (Wildman–Crippen LogP) is 5.97. The third-order valence-electron chi connectivity index (χ3n) is 7.06. The van der Waals surface area contributed by atoms with Crippen molar-refractivity contribution in [3.05, 3.63) is 52.6 Å². The number of H-pyrrole nitrogens is 1. The number of hydrogen-bond acceptors (Lipinski definition) is 4. The summed E-state index contributed by atoms with van der Waals surface area (Å²) in [7, 11) is -3.84. The van der Waals surface area contributed by atoms with Crippen LogP contribution in [0.25, 0.3) is 10.9 Å². The highest BCUT2D eigenvalue weighted by molar-refractivity contribution is 7.92. The van der Waals surface area contributed by atoms with Gasteiger partial charge in [-0.25, -0.2) is 8.42 Å². The van der Waals surface area contributed by atoms with Crippen LogP contribution in [0, 0.1) is 5.41 Å². The number of fused-ring (bicyclic) bond motifs is 1. The van der Waals surface area contributed by atoms with Gasteiger partial charge in [-0.2, -0.15) is 0 Å². The Kier molecular flexibility index (Phi) is 6.25. The lowest BCUT2D eigenvalue weighted by Gasteiger charge is -2.43. The molecule has 1 aliphatic carbocycles. The normalized spacial score (nSPS) is 19.1. The molecule has 0 unspecified atom stereocenters. The Labute approximate surface area is 204 Å². The lowest BCUT2D eigenvalue weighted by molar-refractivity contribution is 0.0571. The molecule has 1 aliphatic heterocycles. The van der Waals surface area contributed by atoms with Gasteiger partial charge in [0.25, 0.3) is 10.0 Å². The number of aromatic amines is 1. The summed E-state index contributed by atoms with van der Waals surface area (Å²) in [6.45, 7) is 2.21. The molecule has 33 heavy (non-hydrogen) atoms. The van der Waals surface area contributed by atoms with Crippen molar-refractivity contribution < 1.29 is 13.2 Å². The first-order chi connectivity index (χ1) is 15.9. The Bertz CT molecular complexity index is 1260. The van der Waals surface area contributed by atoms with E-state index >= 15 is 0 Å². The molecule has 2 aromatic carbocycles. The summed E-state index contributed by atoms with van der Waals surface area (Å²) in [5, 5.41) is 4.92. The van der Waals surface area contributed by atoms with E-state index in [9.17, 15) is 8.42 Å². The molecule has 0 radical (unpaired) electrons. The molecule has 0 bridgehead atoms. The molecule has 1 aromatic heterocycles. The first kappa shape index (κ1) is 22.8. The van der Waals surface area contributed by atoms with E-state index in [4.69, 9.17) is 27.9 Å². The Morgan fingerprint density at radius 3 is 2.52 bits per heavy atom. The maximum Gasteiger partial charge on any atom is 0.262 e. The first-order valence-electron chi connectivity index (χ1n) is 11.3. The molecule has 3 aromatic rings. The van der Waals surface area contributed by atoms with Crippen LogP contribution in [-0.4, -0.2) is 32.6 Å². The van der Waals surface area contributed by atoms with E-state index in [-0.39, 0.29) is 11.0 Å². The van der Waals surface area contributed by atoms with Crippen molar-refractivity contribution in [1.82, 2.24) is 10.3 Å². The highest BCUT2D eigenvalue weighted by Gasteiger charge is 2.36. The number of anilines is 1. The standard InChI is InChI=1S/C24H27Cl2N3O3S/c25-19-4-5-21(23-22(19)20(26)15-28-23)29-33(30,31)18-3-1-2-17(14-18)32-16-6-8-24(9-7-16)10-12-27-13-11-24/h1-5,14-16,27-29H,6-13H2. The minimum atomic E-state index is -3.84. The number of rotatable bonds is 5. The third-order valence-corrected chi connectivity index (χ3v) is 9.03. The predicted molar refractivity (Wildman–Crippen MR) is 133 cm³/mol. The quantitative estimate of drug-likeness (QED) is 0.397. The highest BCUT2D eigenvalue weighted by Crippen LogP contribution is 2.44. The summed E-state index contributed by atoms with van der Waals surface area (Å²) in [5.74, 6) is 0.577. The van der Waals surface area contributed by atoms with Crippen LogP contribution in [0.5, 0.6) is 5.75 Å². The van der Waals surface area contributed by atoms with Crippen LogP contribution in [0.3, 0.4) is 0 Å². The number of nitrogens with one attached hydrogen (secondary N) is 3. The fraction of sp³-hybridized carbons (Fsp3) is 0.417. The van der Waals surface area contributed by atoms with E-state index in [0.29, 0.717) is 37.8 Å². The molecule has 3 N–H and O–H groups in total. The Morgan fingerprint density at radius 1 is 1.00 bits per heavy atom. The summed E-state index contributed by atoms with van der Waals surface area (Å²) in [5.41, 5.74) is 1.38. The fourth-order valence-corrected chi connectivity index (χ4v) is 6.81. The van der Waals surface area contributed by atoms with Crippen molar-refractivity contribution in [1.29, 1.82) is 0 Å². The summed E-state index contributed by atoms with van der Waals surface area (Å²) in [6.07, 6.45) is 8.54. The van der Waals surface area contributed by atoms with Crippen LogP contribution in [0.15, 0.2) is 47.5 Å². The number of piperidine rings is 1. The van der Waals surface area contributed by atoms with Crippen LogP contribution >= 0.6 is 23.2 Å². The number of hydrogen-bond donors (Lipinski definition) is 3.